The summed E-state index contributed by atoms with van der Waals surface area (Å²) in [6.07, 6.45) is 1.25. The smallest absolute Gasteiger partial charge is 0.244 e. The van der Waals surface area contributed by atoms with Crippen molar-refractivity contribution in [3.63, 3.8) is 0 Å². The van der Waals surface area contributed by atoms with Gasteiger partial charge in [0.1, 0.15) is 9.88 Å². The van der Waals surface area contributed by atoms with Crippen molar-refractivity contribution in [2.75, 3.05) is 7.05 Å². The standard InChI is InChI=1S/C11H12N4O2S3/c1-15(5-8-6-19-7-14-8)20(16,17)9-2-3-10(11(12)18)13-4-9/h2-4,6-7H,5H2,1H3,(H2,12,18). The van der Waals surface area contributed by atoms with Crippen LogP contribution in [0.15, 0.2) is 34.1 Å². The summed E-state index contributed by atoms with van der Waals surface area (Å²) in [6, 6.07) is 2.93. The maximum absolute atomic E-state index is 12.3. The fourth-order valence-electron chi connectivity index (χ4n) is 1.49. The zero-order chi connectivity index (χ0) is 14.8. The van der Waals surface area contributed by atoms with Crippen molar-refractivity contribution in [1.29, 1.82) is 0 Å². The molecule has 2 aromatic rings. The zero-order valence-corrected chi connectivity index (χ0v) is 13.0. The Hall–Kier alpha value is -1.42. The number of nitrogens with zero attached hydrogens (tertiary/aromatic N) is 3. The van der Waals surface area contributed by atoms with Crippen LogP contribution in [0.5, 0.6) is 0 Å². The molecule has 0 saturated carbocycles. The second-order valence-electron chi connectivity index (χ2n) is 3.98. The molecule has 0 aliphatic rings. The Balaban J connectivity index is 2.23. The molecule has 2 rings (SSSR count). The van der Waals surface area contributed by atoms with Gasteiger partial charge in [0.25, 0.3) is 0 Å². The van der Waals surface area contributed by atoms with Gasteiger partial charge in [0.05, 0.1) is 23.4 Å². The van der Waals surface area contributed by atoms with E-state index in [0.717, 1.165) is 0 Å². The number of rotatable bonds is 5. The van der Waals surface area contributed by atoms with Gasteiger partial charge >= 0.3 is 0 Å². The van der Waals surface area contributed by atoms with E-state index in [-0.39, 0.29) is 16.4 Å². The summed E-state index contributed by atoms with van der Waals surface area (Å²) in [7, 11) is -2.11. The SMILES string of the molecule is CN(Cc1cscn1)S(=O)(=O)c1ccc(C(N)=S)nc1. The molecule has 0 radical (unpaired) electrons. The van der Waals surface area contributed by atoms with Crippen LogP contribution in [0.25, 0.3) is 0 Å². The highest BCUT2D eigenvalue weighted by molar-refractivity contribution is 7.89. The Morgan fingerprint density at radius 2 is 2.20 bits per heavy atom. The zero-order valence-electron chi connectivity index (χ0n) is 10.6. The number of thiazole rings is 1. The number of nitrogens with two attached hydrogens (primary N) is 1. The third kappa shape index (κ3) is 3.18. The predicted molar refractivity (Wildman–Crippen MR) is 80.9 cm³/mol. The molecule has 9 heteroatoms. The first-order valence-corrected chi connectivity index (χ1v) is 8.29. The van der Waals surface area contributed by atoms with Gasteiger partial charge in [-0.3, -0.25) is 4.98 Å². The lowest BCUT2D eigenvalue weighted by molar-refractivity contribution is 0.462. The lowest BCUT2D eigenvalue weighted by Gasteiger charge is -2.15. The molecule has 0 atom stereocenters. The molecule has 2 aromatic heterocycles. The van der Waals surface area contributed by atoms with E-state index in [2.05, 4.69) is 9.97 Å². The first-order valence-electron chi connectivity index (χ1n) is 5.50. The minimum atomic E-state index is -3.61. The number of sulfonamides is 1. The number of hydrogen-bond donors (Lipinski definition) is 1. The second-order valence-corrected chi connectivity index (χ2v) is 7.19. The van der Waals surface area contributed by atoms with Crippen LogP contribution in [0.3, 0.4) is 0 Å². The first kappa shape index (κ1) is 15.0. The maximum atomic E-state index is 12.3. The molecule has 2 N–H and O–H groups in total. The summed E-state index contributed by atoms with van der Waals surface area (Å²) < 4.78 is 25.9. The van der Waals surface area contributed by atoms with E-state index in [1.165, 1.54) is 41.0 Å². The summed E-state index contributed by atoms with van der Waals surface area (Å²) in [5.74, 6) is 0. The van der Waals surface area contributed by atoms with Crippen LogP contribution in [0.2, 0.25) is 0 Å². The maximum Gasteiger partial charge on any atom is 0.244 e. The van der Waals surface area contributed by atoms with Gasteiger partial charge in [-0.05, 0) is 12.1 Å². The molecule has 106 valence electrons. The van der Waals surface area contributed by atoms with Crippen LogP contribution in [-0.2, 0) is 16.6 Å². The van der Waals surface area contributed by atoms with Crippen LogP contribution in [0.1, 0.15) is 11.4 Å². The van der Waals surface area contributed by atoms with Crippen molar-refractivity contribution in [3.8, 4) is 0 Å². The average Bonchev–Trinajstić information content (AvgIpc) is 2.91. The Bertz CT molecular complexity index is 696. The fraction of sp³-hybridized carbons (Fsp3) is 0.182. The van der Waals surface area contributed by atoms with Crippen molar-refractivity contribution in [2.24, 2.45) is 5.73 Å². The largest absolute Gasteiger partial charge is 0.388 e. The molecule has 0 fully saturated rings. The van der Waals surface area contributed by atoms with Crippen molar-refractivity contribution in [3.05, 3.63) is 40.6 Å². The Kier molecular flexibility index (Phi) is 4.43. The normalized spacial score (nSPS) is 11.7. The van der Waals surface area contributed by atoms with Gasteiger partial charge in [0.2, 0.25) is 10.0 Å². The Morgan fingerprint density at radius 1 is 1.45 bits per heavy atom. The molecular formula is C11H12N4O2S3. The van der Waals surface area contributed by atoms with Crippen molar-refractivity contribution < 1.29 is 8.42 Å². The Morgan fingerprint density at radius 3 is 2.70 bits per heavy atom. The molecule has 0 aliphatic carbocycles. The molecule has 6 nitrogen and oxygen atoms in total. The van der Waals surface area contributed by atoms with Crippen molar-refractivity contribution in [1.82, 2.24) is 14.3 Å². The molecular weight excluding hydrogens is 316 g/mol. The fourth-order valence-corrected chi connectivity index (χ4v) is 3.25. The van der Waals surface area contributed by atoms with Crippen LogP contribution >= 0.6 is 23.6 Å². The van der Waals surface area contributed by atoms with Gasteiger partial charge in [-0.25, -0.2) is 13.4 Å². The van der Waals surface area contributed by atoms with E-state index in [4.69, 9.17) is 18.0 Å². The molecule has 2 heterocycles. The summed E-state index contributed by atoms with van der Waals surface area (Å²) in [5, 5.41) is 1.81. The van der Waals surface area contributed by atoms with Gasteiger partial charge < -0.3 is 5.73 Å². The quantitative estimate of drug-likeness (QED) is 0.824. The summed E-state index contributed by atoms with van der Waals surface area (Å²) in [5.41, 5.74) is 8.18. The summed E-state index contributed by atoms with van der Waals surface area (Å²) in [4.78, 5) is 8.22. The van der Waals surface area contributed by atoms with Gasteiger partial charge in [0.15, 0.2) is 0 Å². The minimum absolute atomic E-state index is 0.0928. The van der Waals surface area contributed by atoms with Crippen LogP contribution in [0, 0.1) is 0 Å². The minimum Gasteiger partial charge on any atom is -0.388 e. The van der Waals surface area contributed by atoms with Gasteiger partial charge in [-0.1, -0.05) is 12.2 Å². The monoisotopic (exact) mass is 328 g/mol. The summed E-state index contributed by atoms with van der Waals surface area (Å²) >= 11 is 6.20. The molecule has 20 heavy (non-hydrogen) atoms. The Labute approximate surface area is 126 Å². The van der Waals surface area contributed by atoms with Crippen LogP contribution in [-0.4, -0.2) is 34.7 Å². The molecule has 0 spiro atoms. The highest BCUT2D eigenvalue weighted by Gasteiger charge is 2.22. The molecule has 0 amide bonds. The topological polar surface area (TPSA) is 89.2 Å². The first-order chi connectivity index (χ1) is 9.41. The molecule has 0 bridgehead atoms. The van der Waals surface area contributed by atoms with Gasteiger partial charge in [-0.2, -0.15) is 4.31 Å². The highest BCUT2D eigenvalue weighted by Crippen LogP contribution is 2.16. The van der Waals surface area contributed by atoms with Gasteiger partial charge in [0, 0.05) is 18.6 Å². The lowest BCUT2D eigenvalue weighted by atomic mass is 10.3. The van der Waals surface area contributed by atoms with Crippen molar-refractivity contribution >= 4 is 38.6 Å². The summed E-state index contributed by atoms with van der Waals surface area (Å²) in [6.45, 7) is 0.211. The average molecular weight is 328 g/mol. The van der Waals surface area contributed by atoms with Crippen LogP contribution < -0.4 is 5.73 Å². The number of pyridine rings is 1. The van der Waals surface area contributed by atoms with E-state index >= 15 is 0 Å². The third-order valence-corrected chi connectivity index (χ3v) is 5.20. The lowest BCUT2D eigenvalue weighted by Crippen LogP contribution is -2.27. The highest BCUT2D eigenvalue weighted by atomic mass is 32.2. The van der Waals surface area contributed by atoms with Gasteiger partial charge in [-0.15, -0.1) is 11.3 Å². The number of thiocarbonyl (C=S) groups is 1. The molecule has 0 aromatic carbocycles. The van der Waals surface area contributed by atoms with E-state index in [9.17, 15) is 8.42 Å². The molecule has 0 aliphatic heterocycles. The molecule has 0 saturated heterocycles. The van der Waals surface area contributed by atoms with E-state index in [1.807, 2.05) is 0 Å². The second kappa shape index (κ2) is 5.92. The van der Waals surface area contributed by atoms with E-state index in [0.29, 0.717) is 11.4 Å². The van der Waals surface area contributed by atoms with E-state index in [1.54, 1.807) is 10.9 Å². The predicted octanol–water partition coefficient (Wildman–Crippen LogP) is 0.993. The third-order valence-electron chi connectivity index (χ3n) is 2.57. The van der Waals surface area contributed by atoms with Crippen LogP contribution in [0.4, 0.5) is 0 Å². The number of aromatic nitrogens is 2. The number of hydrogen-bond acceptors (Lipinski definition) is 6. The van der Waals surface area contributed by atoms with E-state index < -0.39 is 10.0 Å². The molecule has 0 unspecified atom stereocenters. The van der Waals surface area contributed by atoms with Crippen molar-refractivity contribution in [2.45, 2.75) is 11.4 Å².